The summed E-state index contributed by atoms with van der Waals surface area (Å²) in [5.74, 6) is -1.93. The van der Waals surface area contributed by atoms with E-state index in [0.717, 1.165) is 68.1 Å². The van der Waals surface area contributed by atoms with Crippen LogP contribution < -0.4 is 10.6 Å². The molecule has 1 aromatic heterocycles. The smallest absolute Gasteiger partial charge is 0.303 e. The average Bonchev–Trinajstić information content (AvgIpc) is 3.59. The summed E-state index contributed by atoms with van der Waals surface area (Å²) in [7, 11) is 0. The summed E-state index contributed by atoms with van der Waals surface area (Å²) < 4.78 is 0. The molecule has 0 saturated heterocycles. The number of carbonyl (C=O) groups is 4. The molecule has 11 heteroatoms. The molecule has 0 aliphatic carbocycles. The number of amides is 2. The molecule has 238 valence electrons. The molecule has 0 fully saturated rings. The average molecular weight is 627 g/mol. The molecule has 0 bridgehead atoms. The van der Waals surface area contributed by atoms with Crippen LogP contribution in [0.15, 0.2) is 44.1 Å². The number of carboxylic acid groups (broad SMARTS) is 2. The molecule has 0 radical (unpaired) electrons. The molecule has 3 aliphatic rings. The zero-order chi connectivity index (χ0) is 31.6. The predicted octanol–water partition coefficient (Wildman–Crippen LogP) is 5.12. The second-order valence-corrected chi connectivity index (χ2v) is 11.6. The van der Waals surface area contributed by atoms with Gasteiger partial charge in [0.15, 0.2) is 0 Å². The maximum absolute atomic E-state index is 12.4. The van der Waals surface area contributed by atoms with E-state index in [0.29, 0.717) is 37.8 Å². The number of aromatic nitrogens is 1. The fourth-order valence-corrected chi connectivity index (χ4v) is 6.49. The Hall–Kier alpha value is -3.92. The van der Waals surface area contributed by atoms with Crippen LogP contribution in [0.25, 0.3) is 6.08 Å². The first-order chi connectivity index (χ1) is 20.4. The van der Waals surface area contributed by atoms with E-state index in [4.69, 9.17) is 4.99 Å². The molecule has 1 aromatic rings. The number of carbonyl (C=O) groups excluding carboxylic acids is 2. The van der Waals surface area contributed by atoms with E-state index >= 15 is 0 Å². The third kappa shape index (κ3) is 7.07. The summed E-state index contributed by atoms with van der Waals surface area (Å²) in [6, 6.07) is -0.314. The number of aliphatic carboxylic acids is 2. The largest absolute Gasteiger partial charge is 0.481 e. The van der Waals surface area contributed by atoms with Gasteiger partial charge in [-0.1, -0.05) is 13.8 Å². The van der Waals surface area contributed by atoms with Crippen molar-refractivity contribution in [1.29, 1.82) is 0 Å². The van der Waals surface area contributed by atoms with Crippen molar-refractivity contribution in [2.24, 2.45) is 4.99 Å². The highest BCUT2D eigenvalue weighted by atomic mass is 35.5. The Balaban J connectivity index is 0.00000529. The molecule has 4 heterocycles. The first-order valence-electron chi connectivity index (χ1n) is 15.0. The molecule has 10 nitrogen and oxygen atoms in total. The van der Waals surface area contributed by atoms with Crippen molar-refractivity contribution in [2.75, 3.05) is 0 Å². The molecule has 2 atom stereocenters. The summed E-state index contributed by atoms with van der Waals surface area (Å²) >= 11 is 0. The number of rotatable bonds is 13. The molecular formula is C33H43ClN4O6. The maximum Gasteiger partial charge on any atom is 0.303 e. The molecule has 0 unspecified atom stereocenters. The van der Waals surface area contributed by atoms with Gasteiger partial charge >= 0.3 is 11.9 Å². The van der Waals surface area contributed by atoms with E-state index in [2.05, 4.69) is 15.6 Å². The lowest BCUT2D eigenvalue weighted by Gasteiger charge is -2.14. The maximum atomic E-state index is 12.4. The first-order valence-corrected chi connectivity index (χ1v) is 15.0. The second-order valence-electron chi connectivity index (χ2n) is 11.6. The highest BCUT2D eigenvalue weighted by Gasteiger charge is 2.32. The molecule has 4 rings (SSSR count). The van der Waals surface area contributed by atoms with Crippen LogP contribution in [-0.2, 0) is 32.0 Å². The molecule has 3 aliphatic heterocycles. The SMILES string of the molecule is CCC1=C(C)[C@@H](CC2=N/C(=C/c3[nH]c(C[C@H]4NC(=O)C(C)=C4CC)c(C)c3CCC(=O)O)C(CCC(=O)O)=C2C)NC1=O.Cl. The van der Waals surface area contributed by atoms with Gasteiger partial charge in [0.1, 0.15) is 0 Å². The Labute approximate surface area is 264 Å². The van der Waals surface area contributed by atoms with Crippen LogP contribution >= 0.6 is 12.4 Å². The van der Waals surface area contributed by atoms with Gasteiger partial charge in [-0.25, -0.2) is 0 Å². The summed E-state index contributed by atoms with van der Waals surface area (Å²) in [4.78, 5) is 56.3. The number of aromatic amines is 1. The van der Waals surface area contributed by atoms with Gasteiger partial charge in [0.25, 0.3) is 0 Å². The number of nitrogens with one attached hydrogen (secondary N) is 3. The van der Waals surface area contributed by atoms with Gasteiger partial charge in [-0.05, 0) is 92.9 Å². The molecule has 2 amide bonds. The third-order valence-electron chi connectivity index (χ3n) is 9.09. The van der Waals surface area contributed by atoms with Crippen LogP contribution in [-0.4, -0.2) is 56.7 Å². The van der Waals surface area contributed by atoms with Crippen LogP contribution in [0.4, 0.5) is 0 Å². The monoisotopic (exact) mass is 626 g/mol. The van der Waals surface area contributed by atoms with E-state index in [1.54, 1.807) is 0 Å². The standard InChI is InChI=1S/C33H42N4O6.ClH/c1-7-20-19(6)32(42)37-27(20)14-25-18(5)23(10-12-31(40)41)29(35-25)15-28-22(9-11-30(38)39)17(4)24(34-28)13-26-16(3)21(8-2)33(43)36-26;/h15,26-27,35H,7-14H2,1-6H3,(H,36,43)(H,37,42)(H,38,39)(H,40,41);1H/b28-15+;/t26-,27-;/m1./s1. The van der Waals surface area contributed by atoms with E-state index in [9.17, 15) is 29.4 Å². The Morgan fingerprint density at radius 3 is 2.07 bits per heavy atom. The summed E-state index contributed by atoms with van der Waals surface area (Å²) in [5.41, 5.74) is 10.2. The molecule has 5 N–H and O–H groups in total. The zero-order valence-corrected chi connectivity index (χ0v) is 27.1. The quantitative estimate of drug-likeness (QED) is 0.204. The zero-order valence-electron chi connectivity index (χ0n) is 26.3. The molecule has 0 spiro atoms. The van der Waals surface area contributed by atoms with Crippen LogP contribution in [0.5, 0.6) is 0 Å². The van der Waals surface area contributed by atoms with Crippen molar-refractivity contribution in [2.45, 2.75) is 105 Å². The topological polar surface area (TPSA) is 161 Å². The molecule has 0 saturated carbocycles. The lowest BCUT2D eigenvalue weighted by atomic mass is 9.95. The fourth-order valence-electron chi connectivity index (χ4n) is 6.49. The van der Waals surface area contributed by atoms with Crippen LogP contribution in [0.2, 0.25) is 0 Å². The van der Waals surface area contributed by atoms with Crippen molar-refractivity contribution < 1.29 is 29.4 Å². The van der Waals surface area contributed by atoms with Gasteiger partial charge in [-0.15, -0.1) is 12.4 Å². The number of nitrogens with zero attached hydrogens (tertiary/aromatic N) is 1. The van der Waals surface area contributed by atoms with Gasteiger partial charge in [-0.3, -0.25) is 24.2 Å². The Bertz CT molecular complexity index is 1540. The third-order valence-corrected chi connectivity index (χ3v) is 9.09. The van der Waals surface area contributed by atoms with Crippen LogP contribution in [0, 0.1) is 6.92 Å². The number of aliphatic imine (C=N–C) groups is 1. The lowest BCUT2D eigenvalue weighted by Crippen LogP contribution is -2.31. The molecule has 44 heavy (non-hydrogen) atoms. The van der Waals surface area contributed by atoms with Crippen molar-refractivity contribution >= 4 is 47.9 Å². The minimum absolute atomic E-state index is 0. The van der Waals surface area contributed by atoms with Crippen molar-refractivity contribution in [1.82, 2.24) is 15.6 Å². The van der Waals surface area contributed by atoms with Crippen molar-refractivity contribution in [3.63, 3.8) is 0 Å². The van der Waals surface area contributed by atoms with Crippen LogP contribution in [0.1, 0.15) is 95.7 Å². The van der Waals surface area contributed by atoms with E-state index in [-0.39, 0.29) is 49.1 Å². The van der Waals surface area contributed by atoms with Crippen molar-refractivity contribution in [3.8, 4) is 0 Å². The number of halogens is 1. The van der Waals surface area contributed by atoms with Gasteiger partial charge in [-0.2, -0.15) is 0 Å². The highest BCUT2D eigenvalue weighted by Crippen LogP contribution is 2.35. The number of H-pyrrole nitrogens is 1. The predicted molar refractivity (Wildman–Crippen MR) is 172 cm³/mol. The lowest BCUT2D eigenvalue weighted by molar-refractivity contribution is -0.138. The Kier molecular flexibility index (Phi) is 11.2. The fraction of sp³-hybridized carbons (Fsp3) is 0.485. The van der Waals surface area contributed by atoms with Gasteiger partial charge in [0.2, 0.25) is 11.8 Å². The second kappa shape index (κ2) is 14.2. The van der Waals surface area contributed by atoms with E-state index in [1.807, 2.05) is 47.6 Å². The number of carboxylic acids is 2. The van der Waals surface area contributed by atoms with Gasteiger partial charge in [0.05, 0.1) is 17.8 Å². The van der Waals surface area contributed by atoms with Crippen LogP contribution in [0.3, 0.4) is 0 Å². The van der Waals surface area contributed by atoms with E-state index in [1.165, 1.54) is 0 Å². The summed E-state index contributed by atoms with van der Waals surface area (Å²) in [6.45, 7) is 11.7. The normalized spacial score (nSPS) is 20.9. The Morgan fingerprint density at radius 1 is 0.841 bits per heavy atom. The molecule has 0 aromatic carbocycles. The number of hydrogen-bond donors (Lipinski definition) is 5. The minimum Gasteiger partial charge on any atom is -0.481 e. The first kappa shape index (κ1) is 34.6. The Morgan fingerprint density at radius 2 is 1.48 bits per heavy atom. The molecular weight excluding hydrogens is 584 g/mol. The minimum atomic E-state index is -0.906. The number of allylic oxidation sites excluding steroid dienone is 2. The number of hydrogen-bond acceptors (Lipinski definition) is 5. The summed E-state index contributed by atoms with van der Waals surface area (Å²) in [6.07, 6.45) is 4.84. The van der Waals surface area contributed by atoms with Crippen molar-refractivity contribution in [3.05, 3.63) is 61.7 Å². The highest BCUT2D eigenvalue weighted by molar-refractivity contribution is 6.07. The summed E-state index contributed by atoms with van der Waals surface area (Å²) in [5, 5.41) is 25.0. The van der Waals surface area contributed by atoms with E-state index < -0.39 is 11.9 Å². The van der Waals surface area contributed by atoms with Gasteiger partial charge in [0, 0.05) is 53.9 Å². The van der Waals surface area contributed by atoms with Gasteiger partial charge < -0.3 is 25.8 Å².